The predicted octanol–water partition coefficient (Wildman–Crippen LogP) is 10.9. The zero-order valence-corrected chi connectivity index (χ0v) is 23.8. The molecule has 3 nitrogen and oxygen atoms in total. The van der Waals surface area contributed by atoms with Gasteiger partial charge in [0.25, 0.3) is 0 Å². The molecule has 0 spiro atoms. The van der Waals surface area contributed by atoms with Crippen LogP contribution in [0.4, 0.5) is 0 Å². The van der Waals surface area contributed by atoms with Crippen LogP contribution in [0, 0.1) is 13.8 Å². The molecule has 2 heterocycles. The maximum Gasteiger partial charge on any atom is 0.143 e. The number of furan rings is 1. The van der Waals surface area contributed by atoms with E-state index in [-0.39, 0.29) is 0 Å². The first-order valence-electron chi connectivity index (χ1n) is 14.7. The van der Waals surface area contributed by atoms with E-state index in [2.05, 4.69) is 129 Å². The van der Waals surface area contributed by atoms with Crippen LogP contribution in [0.1, 0.15) is 11.1 Å². The first-order valence-corrected chi connectivity index (χ1v) is 14.7. The summed E-state index contributed by atoms with van der Waals surface area (Å²) in [6, 6.07) is 40.8. The average molecular weight is 551 g/mol. The summed E-state index contributed by atoms with van der Waals surface area (Å²) in [6.07, 6.45) is 1.92. The van der Waals surface area contributed by atoms with E-state index in [9.17, 15) is 0 Å². The third kappa shape index (κ3) is 3.49. The van der Waals surface area contributed by atoms with Crippen molar-refractivity contribution in [3.63, 3.8) is 0 Å². The van der Waals surface area contributed by atoms with Crippen molar-refractivity contribution in [3.8, 4) is 22.4 Å². The van der Waals surface area contributed by atoms with Crippen LogP contribution in [0.25, 0.3) is 87.7 Å². The fourth-order valence-electron chi connectivity index (χ4n) is 6.86. The second kappa shape index (κ2) is 8.98. The van der Waals surface area contributed by atoms with E-state index in [1.165, 1.54) is 27.1 Å². The molecule has 0 aliphatic rings. The highest BCUT2D eigenvalue weighted by atomic mass is 16.3. The number of nitrogens with zero attached hydrogens (tertiary/aromatic N) is 2. The fraction of sp³-hybridized carbons (Fsp3) is 0.0500. The molecular weight excluding hydrogens is 524 g/mol. The Morgan fingerprint density at radius 3 is 1.98 bits per heavy atom. The summed E-state index contributed by atoms with van der Waals surface area (Å²) >= 11 is 0. The normalized spacial score (nSPS) is 12.0. The number of fused-ring (bicyclic) bond motifs is 11. The van der Waals surface area contributed by atoms with E-state index < -0.39 is 0 Å². The number of para-hydroxylation sites is 1. The molecule has 0 amide bonds. The van der Waals surface area contributed by atoms with Crippen molar-refractivity contribution in [2.24, 2.45) is 0 Å². The van der Waals surface area contributed by atoms with Gasteiger partial charge in [0, 0.05) is 32.7 Å². The number of benzene rings is 7. The molecule has 43 heavy (non-hydrogen) atoms. The van der Waals surface area contributed by atoms with Gasteiger partial charge in [-0.3, -0.25) is 4.98 Å². The first kappa shape index (κ1) is 24.1. The molecule has 0 aliphatic heterocycles. The van der Waals surface area contributed by atoms with Crippen molar-refractivity contribution >= 4 is 65.3 Å². The summed E-state index contributed by atoms with van der Waals surface area (Å²) in [4.78, 5) is 10.4. The quantitative estimate of drug-likeness (QED) is 0.201. The molecule has 2 aromatic heterocycles. The molecule has 0 unspecified atom stereocenters. The smallest absolute Gasteiger partial charge is 0.143 e. The Kier molecular flexibility index (Phi) is 5.03. The molecule has 3 heteroatoms. The predicted molar refractivity (Wildman–Crippen MR) is 180 cm³/mol. The van der Waals surface area contributed by atoms with Gasteiger partial charge in [-0.15, -0.1) is 0 Å². The highest BCUT2D eigenvalue weighted by Crippen LogP contribution is 2.44. The molecule has 0 saturated heterocycles. The molecule has 0 saturated carbocycles. The van der Waals surface area contributed by atoms with Gasteiger partial charge in [-0.1, -0.05) is 115 Å². The third-order valence-electron chi connectivity index (χ3n) is 8.85. The van der Waals surface area contributed by atoms with Crippen molar-refractivity contribution in [2.75, 3.05) is 0 Å². The number of aryl methyl sites for hydroxylation is 2. The van der Waals surface area contributed by atoms with Crippen LogP contribution in [0.2, 0.25) is 0 Å². The Balaban J connectivity index is 1.37. The van der Waals surface area contributed by atoms with Crippen LogP contribution in [-0.4, -0.2) is 9.97 Å². The molecule has 9 aromatic rings. The lowest BCUT2D eigenvalue weighted by Gasteiger charge is -2.14. The molecule has 0 radical (unpaired) electrons. The van der Waals surface area contributed by atoms with Crippen LogP contribution in [0.3, 0.4) is 0 Å². The summed E-state index contributed by atoms with van der Waals surface area (Å²) < 4.78 is 6.74. The summed E-state index contributed by atoms with van der Waals surface area (Å²) in [5.74, 6) is 0. The van der Waals surface area contributed by atoms with E-state index >= 15 is 0 Å². The van der Waals surface area contributed by atoms with Crippen molar-refractivity contribution in [1.82, 2.24) is 9.97 Å². The summed E-state index contributed by atoms with van der Waals surface area (Å²) in [5, 5.41) is 9.32. The SMILES string of the molecule is Cc1ccc2c(c1)cc(-c1ccccc1-c1cnc3c4ccccc4c4ccccc4c3n1)c1oc3c(C)cccc3c12. The van der Waals surface area contributed by atoms with Crippen LogP contribution in [-0.2, 0) is 0 Å². The van der Waals surface area contributed by atoms with Crippen molar-refractivity contribution in [2.45, 2.75) is 13.8 Å². The van der Waals surface area contributed by atoms with Crippen LogP contribution in [0.5, 0.6) is 0 Å². The Hall–Kier alpha value is -5.54. The van der Waals surface area contributed by atoms with Crippen molar-refractivity contribution < 1.29 is 4.42 Å². The Morgan fingerprint density at radius 2 is 1.19 bits per heavy atom. The molecule has 7 aromatic carbocycles. The molecule has 0 atom stereocenters. The van der Waals surface area contributed by atoms with E-state index in [1.807, 2.05) is 6.20 Å². The largest absolute Gasteiger partial charge is 0.455 e. The van der Waals surface area contributed by atoms with Gasteiger partial charge in [-0.2, -0.15) is 0 Å². The second-order valence-corrected chi connectivity index (χ2v) is 11.5. The summed E-state index contributed by atoms with van der Waals surface area (Å²) in [5.41, 5.74) is 10.0. The van der Waals surface area contributed by atoms with Gasteiger partial charge in [0.1, 0.15) is 11.2 Å². The lowest BCUT2D eigenvalue weighted by molar-refractivity contribution is 0.667. The minimum Gasteiger partial charge on any atom is -0.455 e. The van der Waals surface area contributed by atoms with Gasteiger partial charge in [0.05, 0.1) is 22.9 Å². The van der Waals surface area contributed by atoms with Gasteiger partial charge in [-0.05, 0) is 52.6 Å². The summed E-state index contributed by atoms with van der Waals surface area (Å²) in [7, 11) is 0. The van der Waals surface area contributed by atoms with Crippen molar-refractivity contribution in [1.29, 1.82) is 0 Å². The number of hydrogen-bond donors (Lipinski definition) is 0. The first-order chi connectivity index (χ1) is 21.2. The van der Waals surface area contributed by atoms with Crippen molar-refractivity contribution in [3.05, 3.63) is 133 Å². The average Bonchev–Trinajstić information content (AvgIpc) is 3.45. The second-order valence-electron chi connectivity index (χ2n) is 11.5. The van der Waals surface area contributed by atoms with Gasteiger partial charge < -0.3 is 4.42 Å². The minimum atomic E-state index is 0.841. The zero-order chi connectivity index (χ0) is 28.7. The highest BCUT2D eigenvalue weighted by molar-refractivity contribution is 6.24. The Labute approximate surface area is 248 Å². The van der Waals surface area contributed by atoms with Gasteiger partial charge in [0.2, 0.25) is 0 Å². The maximum absolute atomic E-state index is 6.74. The van der Waals surface area contributed by atoms with Crippen LogP contribution in [0.15, 0.2) is 126 Å². The van der Waals surface area contributed by atoms with Gasteiger partial charge in [-0.25, -0.2) is 4.98 Å². The van der Waals surface area contributed by atoms with Crippen LogP contribution < -0.4 is 0 Å². The van der Waals surface area contributed by atoms with E-state index in [0.29, 0.717) is 0 Å². The molecule has 0 aliphatic carbocycles. The third-order valence-corrected chi connectivity index (χ3v) is 8.85. The van der Waals surface area contributed by atoms with E-state index in [4.69, 9.17) is 14.4 Å². The Bertz CT molecular complexity index is 2560. The molecule has 0 bridgehead atoms. The topological polar surface area (TPSA) is 38.9 Å². The molecule has 202 valence electrons. The Morgan fingerprint density at radius 1 is 0.512 bits per heavy atom. The fourth-order valence-corrected chi connectivity index (χ4v) is 6.86. The van der Waals surface area contributed by atoms with Gasteiger partial charge in [0.15, 0.2) is 0 Å². The maximum atomic E-state index is 6.74. The minimum absolute atomic E-state index is 0.841. The monoisotopic (exact) mass is 550 g/mol. The molecule has 0 fully saturated rings. The highest BCUT2D eigenvalue weighted by Gasteiger charge is 2.20. The molecule has 9 rings (SSSR count). The molecule has 0 N–H and O–H groups in total. The van der Waals surface area contributed by atoms with E-state index in [1.54, 1.807) is 0 Å². The number of aromatic nitrogens is 2. The van der Waals surface area contributed by atoms with Crippen LogP contribution >= 0.6 is 0 Å². The lowest BCUT2D eigenvalue weighted by Crippen LogP contribution is -1.94. The number of rotatable bonds is 2. The zero-order valence-electron chi connectivity index (χ0n) is 23.8. The molecular formula is C40H26N2O. The lowest BCUT2D eigenvalue weighted by atomic mass is 9.92. The number of hydrogen-bond acceptors (Lipinski definition) is 3. The standard InChI is InChI=1S/C40H26N2O/c1-23-18-19-26-25(20-23)21-34(40-36(26)33-17-9-10-24(2)39(33)43-40)29-13-3-6-14-30(29)35-22-41-37-31-15-7-4-11-27(31)28-12-5-8-16-32(28)38(37)42-35/h3-22H,1-2H3. The summed E-state index contributed by atoms with van der Waals surface area (Å²) in [6.45, 7) is 4.26. The van der Waals surface area contributed by atoms with Gasteiger partial charge >= 0.3 is 0 Å². The van der Waals surface area contributed by atoms with E-state index in [0.717, 1.165) is 71.7 Å².